The van der Waals surface area contributed by atoms with Gasteiger partial charge in [-0.15, -0.1) is 24.0 Å². The summed E-state index contributed by atoms with van der Waals surface area (Å²) in [6, 6.07) is 0. The molecular weight excluding hydrogens is 431 g/mol. The third kappa shape index (κ3) is 9.93. The van der Waals surface area contributed by atoms with Crippen LogP contribution in [0, 0.1) is 0 Å². The van der Waals surface area contributed by atoms with Crippen molar-refractivity contribution in [1.29, 1.82) is 0 Å². The molecule has 8 heteroatoms. The number of rotatable bonds is 7. The number of likely N-dealkylation sites (N-methyl/N-ethyl adjacent to an activating group) is 1. The Bertz CT molecular complexity index is 365. The van der Waals surface area contributed by atoms with Crippen molar-refractivity contribution < 1.29 is 4.74 Å². The number of hydrogen-bond acceptors (Lipinski definition) is 5. The molecule has 0 aromatic heterocycles. The number of guanidine groups is 1. The number of aliphatic imine (C=N–C) groups is 1. The molecule has 2 aliphatic heterocycles. The van der Waals surface area contributed by atoms with Crippen molar-refractivity contribution in [3.05, 3.63) is 0 Å². The van der Waals surface area contributed by atoms with E-state index >= 15 is 0 Å². The smallest absolute Gasteiger partial charge is 0.191 e. The van der Waals surface area contributed by atoms with Crippen molar-refractivity contribution in [3.8, 4) is 0 Å². The van der Waals surface area contributed by atoms with E-state index in [0.717, 1.165) is 58.3 Å². The highest BCUT2D eigenvalue weighted by molar-refractivity contribution is 14.0. The van der Waals surface area contributed by atoms with E-state index < -0.39 is 0 Å². The third-order valence-corrected chi connectivity index (χ3v) is 4.80. The molecule has 2 aliphatic rings. The number of morpholine rings is 1. The molecule has 25 heavy (non-hydrogen) atoms. The Labute approximate surface area is 170 Å². The third-order valence-electron chi connectivity index (χ3n) is 4.80. The maximum Gasteiger partial charge on any atom is 0.191 e. The van der Waals surface area contributed by atoms with Crippen LogP contribution in [-0.4, -0.2) is 113 Å². The second-order valence-electron chi connectivity index (χ2n) is 6.73. The summed E-state index contributed by atoms with van der Waals surface area (Å²) < 4.78 is 5.37. The van der Waals surface area contributed by atoms with Crippen LogP contribution in [0.3, 0.4) is 0 Å². The largest absolute Gasteiger partial charge is 0.379 e. The zero-order valence-electron chi connectivity index (χ0n) is 16.0. The molecule has 148 valence electrons. The van der Waals surface area contributed by atoms with Crippen molar-refractivity contribution in [1.82, 2.24) is 25.3 Å². The summed E-state index contributed by atoms with van der Waals surface area (Å²) in [6.07, 6.45) is 2.45. The SMILES string of the molecule is CN=C(NCCCN1CCCN(C)CC1)NCCN1CCOCC1.I. The fourth-order valence-corrected chi connectivity index (χ4v) is 3.21. The van der Waals surface area contributed by atoms with Crippen LogP contribution in [0.4, 0.5) is 0 Å². The first-order valence-electron chi connectivity index (χ1n) is 9.43. The summed E-state index contributed by atoms with van der Waals surface area (Å²) in [5.74, 6) is 0.916. The summed E-state index contributed by atoms with van der Waals surface area (Å²) in [5, 5.41) is 6.84. The van der Waals surface area contributed by atoms with Crippen LogP contribution in [0.2, 0.25) is 0 Å². The fourth-order valence-electron chi connectivity index (χ4n) is 3.21. The number of hydrogen-bond donors (Lipinski definition) is 2. The molecule has 0 aromatic carbocycles. The Morgan fingerprint density at radius 2 is 1.64 bits per heavy atom. The first kappa shape index (κ1) is 22.9. The molecule has 0 aromatic rings. The second-order valence-corrected chi connectivity index (χ2v) is 6.73. The Hall–Kier alpha value is -0.160. The molecule has 0 spiro atoms. The second kappa shape index (κ2) is 14.0. The fraction of sp³-hybridized carbons (Fsp3) is 0.941. The standard InChI is InChI=1S/C17H36N6O.HI/c1-18-17(20-6-10-23-13-15-24-16-14-23)19-5-3-8-22-9-4-7-21(2)11-12-22;/h3-16H2,1-2H3,(H2,18,19,20);1H. The minimum absolute atomic E-state index is 0. The molecule has 7 nitrogen and oxygen atoms in total. The molecule has 0 aliphatic carbocycles. The Morgan fingerprint density at radius 3 is 2.40 bits per heavy atom. The highest BCUT2D eigenvalue weighted by Gasteiger charge is 2.12. The maximum atomic E-state index is 5.37. The Balaban J connectivity index is 0.00000312. The normalized spacial score (nSPS) is 21.4. The van der Waals surface area contributed by atoms with Crippen LogP contribution >= 0.6 is 24.0 Å². The molecule has 0 bridgehead atoms. The van der Waals surface area contributed by atoms with Crippen molar-refractivity contribution in [2.24, 2.45) is 4.99 Å². The molecule has 0 atom stereocenters. The van der Waals surface area contributed by atoms with Crippen LogP contribution in [0.1, 0.15) is 12.8 Å². The minimum atomic E-state index is 0. The van der Waals surface area contributed by atoms with Gasteiger partial charge in [0.15, 0.2) is 5.96 Å². The van der Waals surface area contributed by atoms with E-state index in [4.69, 9.17) is 4.74 Å². The van der Waals surface area contributed by atoms with Gasteiger partial charge in [0.25, 0.3) is 0 Å². The van der Waals surface area contributed by atoms with E-state index in [-0.39, 0.29) is 24.0 Å². The minimum Gasteiger partial charge on any atom is -0.379 e. The lowest BCUT2D eigenvalue weighted by molar-refractivity contribution is 0.0389. The van der Waals surface area contributed by atoms with Crippen LogP contribution in [-0.2, 0) is 4.74 Å². The average molecular weight is 468 g/mol. The van der Waals surface area contributed by atoms with E-state index in [2.05, 4.69) is 37.4 Å². The maximum absolute atomic E-state index is 5.37. The molecule has 0 amide bonds. The summed E-state index contributed by atoms with van der Waals surface area (Å²) in [6.45, 7) is 12.8. The number of ether oxygens (including phenoxy) is 1. The summed E-state index contributed by atoms with van der Waals surface area (Å²) in [7, 11) is 4.06. The van der Waals surface area contributed by atoms with Gasteiger partial charge in [-0.25, -0.2) is 0 Å². The van der Waals surface area contributed by atoms with Gasteiger partial charge in [-0.05, 0) is 39.5 Å². The summed E-state index contributed by atoms with van der Waals surface area (Å²) >= 11 is 0. The van der Waals surface area contributed by atoms with Gasteiger partial charge in [-0.2, -0.15) is 0 Å². The van der Waals surface area contributed by atoms with Crippen molar-refractivity contribution in [2.75, 3.05) is 92.8 Å². The highest BCUT2D eigenvalue weighted by atomic mass is 127. The molecule has 2 fully saturated rings. The van der Waals surface area contributed by atoms with E-state index in [1.807, 2.05) is 7.05 Å². The van der Waals surface area contributed by atoms with Gasteiger partial charge in [0, 0.05) is 52.9 Å². The van der Waals surface area contributed by atoms with Crippen LogP contribution in [0.25, 0.3) is 0 Å². The molecule has 2 heterocycles. The van der Waals surface area contributed by atoms with Gasteiger partial charge < -0.3 is 25.2 Å². The van der Waals surface area contributed by atoms with E-state index in [1.165, 1.54) is 39.1 Å². The first-order chi connectivity index (χ1) is 11.8. The molecule has 2 rings (SSSR count). The van der Waals surface area contributed by atoms with Gasteiger partial charge in [0.05, 0.1) is 13.2 Å². The van der Waals surface area contributed by atoms with Gasteiger partial charge in [0.2, 0.25) is 0 Å². The number of halogens is 1. The lowest BCUT2D eigenvalue weighted by Crippen LogP contribution is -2.44. The predicted molar refractivity (Wildman–Crippen MR) is 115 cm³/mol. The highest BCUT2D eigenvalue weighted by Crippen LogP contribution is 2.01. The predicted octanol–water partition coefficient (Wildman–Crippen LogP) is 0.129. The first-order valence-corrected chi connectivity index (χ1v) is 9.43. The van der Waals surface area contributed by atoms with Crippen molar-refractivity contribution in [3.63, 3.8) is 0 Å². The lowest BCUT2D eigenvalue weighted by atomic mass is 10.3. The lowest BCUT2D eigenvalue weighted by Gasteiger charge is -2.26. The molecule has 2 saturated heterocycles. The zero-order valence-corrected chi connectivity index (χ0v) is 18.3. The number of nitrogens with zero attached hydrogens (tertiary/aromatic N) is 4. The molecule has 0 saturated carbocycles. The van der Waals surface area contributed by atoms with Crippen LogP contribution in [0.5, 0.6) is 0 Å². The van der Waals surface area contributed by atoms with Crippen LogP contribution < -0.4 is 10.6 Å². The van der Waals surface area contributed by atoms with E-state index in [9.17, 15) is 0 Å². The van der Waals surface area contributed by atoms with Gasteiger partial charge >= 0.3 is 0 Å². The summed E-state index contributed by atoms with van der Waals surface area (Å²) in [5.41, 5.74) is 0. The monoisotopic (exact) mass is 468 g/mol. The Morgan fingerprint density at radius 1 is 0.920 bits per heavy atom. The van der Waals surface area contributed by atoms with Crippen molar-refractivity contribution in [2.45, 2.75) is 12.8 Å². The summed E-state index contributed by atoms with van der Waals surface area (Å²) in [4.78, 5) is 11.8. The van der Waals surface area contributed by atoms with E-state index in [0.29, 0.717) is 0 Å². The topological polar surface area (TPSA) is 55.4 Å². The zero-order chi connectivity index (χ0) is 17.0. The van der Waals surface area contributed by atoms with E-state index in [1.54, 1.807) is 0 Å². The van der Waals surface area contributed by atoms with Crippen molar-refractivity contribution >= 4 is 29.9 Å². The molecular formula is C17H37IN6O. The van der Waals surface area contributed by atoms with Gasteiger partial charge in [0.1, 0.15) is 0 Å². The van der Waals surface area contributed by atoms with Gasteiger partial charge in [-0.1, -0.05) is 0 Å². The van der Waals surface area contributed by atoms with Crippen LogP contribution in [0.15, 0.2) is 4.99 Å². The molecule has 2 N–H and O–H groups in total. The van der Waals surface area contributed by atoms with Gasteiger partial charge in [-0.3, -0.25) is 9.89 Å². The quantitative estimate of drug-likeness (QED) is 0.240. The number of nitrogens with one attached hydrogen (secondary N) is 2. The molecule has 0 radical (unpaired) electrons. The average Bonchev–Trinajstić information content (AvgIpc) is 2.82. The molecule has 0 unspecified atom stereocenters. The Kier molecular flexibility index (Phi) is 12.8.